The number of hydrogen-bond acceptors (Lipinski definition) is 1. The maximum Gasteiger partial charge on any atom is 0.252 e. The van der Waals surface area contributed by atoms with Crippen LogP contribution in [-0.2, 0) is 0 Å². The van der Waals surface area contributed by atoms with Crippen molar-refractivity contribution in [2.75, 3.05) is 12.4 Å². The lowest BCUT2D eigenvalue weighted by Gasteiger charge is -2.16. The fraction of sp³-hybridized carbons (Fsp3) is 0.500. The van der Waals surface area contributed by atoms with Gasteiger partial charge in [-0.1, -0.05) is 24.9 Å². The molecule has 19 heavy (non-hydrogen) atoms. The van der Waals surface area contributed by atoms with Crippen LogP contribution in [0.5, 0.6) is 0 Å². The van der Waals surface area contributed by atoms with E-state index in [2.05, 4.69) is 28.2 Å². The second-order valence-electron chi connectivity index (χ2n) is 4.47. The number of carbonyl (C=O) groups is 1. The molecule has 0 spiro atoms. The van der Waals surface area contributed by atoms with Crippen molar-refractivity contribution < 1.29 is 4.79 Å². The van der Waals surface area contributed by atoms with Gasteiger partial charge in [-0.15, -0.1) is 11.6 Å². The van der Waals surface area contributed by atoms with E-state index < -0.39 is 0 Å². The number of nitrogens with one attached hydrogen (secondary N) is 1. The number of amides is 1. The summed E-state index contributed by atoms with van der Waals surface area (Å²) in [5.41, 5.74) is 0.602. The molecule has 0 fully saturated rings. The van der Waals surface area contributed by atoms with Crippen molar-refractivity contribution in [3.8, 4) is 0 Å². The lowest BCUT2D eigenvalue weighted by atomic mass is 10.0. The van der Waals surface area contributed by atoms with E-state index >= 15 is 0 Å². The van der Waals surface area contributed by atoms with E-state index in [1.165, 1.54) is 0 Å². The van der Waals surface area contributed by atoms with Crippen LogP contribution in [0, 0.1) is 5.92 Å². The SMILES string of the molecule is CCCC(CCCl)CNC(=O)c1ccc(Cl)cc1Br. The van der Waals surface area contributed by atoms with Crippen molar-refractivity contribution in [3.63, 3.8) is 0 Å². The van der Waals surface area contributed by atoms with Gasteiger partial charge in [-0.2, -0.15) is 0 Å². The molecule has 0 aromatic heterocycles. The summed E-state index contributed by atoms with van der Waals surface area (Å²) in [5.74, 6) is 0.988. The summed E-state index contributed by atoms with van der Waals surface area (Å²) in [6.45, 7) is 2.80. The van der Waals surface area contributed by atoms with E-state index in [1.807, 2.05) is 0 Å². The second kappa shape index (κ2) is 8.83. The third-order valence-electron chi connectivity index (χ3n) is 2.94. The van der Waals surface area contributed by atoms with Crippen molar-refractivity contribution in [1.82, 2.24) is 5.32 Å². The average Bonchev–Trinajstić information content (AvgIpc) is 2.36. The number of halogens is 3. The van der Waals surface area contributed by atoms with E-state index in [0.717, 1.165) is 19.3 Å². The molecular formula is C14H18BrCl2NO. The lowest BCUT2D eigenvalue weighted by Crippen LogP contribution is -2.29. The monoisotopic (exact) mass is 365 g/mol. The first kappa shape index (κ1) is 16.8. The van der Waals surface area contributed by atoms with Gasteiger partial charge in [-0.05, 0) is 52.9 Å². The topological polar surface area (TPSA) is 29.1 Å². The standard InChI is InChI=1S/C14H18BrCl2NO/c1-2-3-10(6-7-16)9-18-14(19)12-5-4-11(17)8-13(12)15/h4-5,8,10H,2-3,6-7,9H2,1H3,(H,18,19). The number of hydrogen-bond donors (Lipinski definition) is 1. The molecule has 0 saturated heterocycles. The zero-order valence-corrected chi connectivity index (χ0v) is 14.0. The van der Waals surface area contributed by atoms with Crippen LogP contribution in [0.2, 0.25) is 5.02 Å². The highest BCUT2D eigenvalue weighted by Crippen LogP contribution is 2.21. The van der Waals surface area contributed by atoms with Gasteiger partial charge in [0.15, 0.2) is 0 Å². The third-order valence-corrected chi connectivity index (χ3v) is 4.05. The fourth-order valence-corrected chi connectivity index (χ4v) is 3.09. The summed E-state index contributed by atoms with van der Waals surface area (Å²) < 4.78 is 0.710. The smallest absolute Gasteiger partial charge is 0.252 e. The summed E-state index contributed by atoms with van der Waals surface area (Å²) in [6, 6.07) is 5.15. The molecule has 0 aliphatic carbocycles. The fourth-order valence-electron chi connectivity index (χ4n) is 1.92. The van der Waals surface area contributed by atoms with Crippen LogP contribution in [0.25, 0.3) is 0 Å². The van der Waals surface area contributed by atoms with Gasteiger partial charge in [-0.3, -0.25) is 4.79 Å². The van der Waals surface area contributed by atoms with Crippen molar-refractivity contribution in [2.24, 2.45) is 5.92 Å². The van der Waals surface area contributed by atoms with Crippen molar-refractivity contribution in [1.29, 1.82) is 0 Å². The Hall–Kier alpha value is -0.250. The van der Waals surface area contributed by atoms with Gasteiger partial charge >= 0.3 is 0 Å². The molecule has 1 aromatic rings. The van der Waals surface area contributed by atoms with Gasteiger partial charge in [0.05, 0.1) is 5.56 Å². The molecule has 0 bridgehead atoms. The number of alkyl halides is 1. The zero-order valence-electron chi connectivity index (χ0n) is 10.9. The Kier molecular flexibility index (Phi) is 7.81. The summed E-state index contributed by atoms with van der Waals surface area (Å²) in [7, 11) is 0. The van der Waals surface area contributed by atoms with Crippen LogP contribution in [0.1, 0.15) is 36.5 Å². The Labute approximate surface area is 133 Å². The van der Waals surface area contributed by atoms with E-state index in [1.54, 1.807) is 18.2 Å². The molecule has 0 saturated carbocycles. The molecule has 1 atom stereocenters. The number of rotatable bonds is 7. The number of carbonyl (C=O) groups excluding carboxylic acids is 1. The van der Waals surface area contributed by atoms with Crippen LogP contribution in [-0.4, -0.2) is 18.3 Å². The minimum atomic E-state index is -0.0841. The Bertz CT molecular complexity index is 420. The van der Waals surface area contributed by atoms with Crippen molar-refractivity contribution in [2.45, 2.75) is 26.2 Å². The Morgan fingerprint density at radius 2 is 2.16 bits per heavy atom. The highest BCUT2D eigenvalue weighted by molar-refractivity contribution is 9.10. The van der Waals surface area contributed by atoms with Crippen LogP contribution in [0.4, 0.5) is 0 Å². The molecular weight excluding hydrogens is 349 g/mol. The predicted molar refractivity (Wildman–Crippen MR) is 85.2 cm³/mol. The first-order valence-corrected chi connectivity index (χ1v) is 8.08. The minimum absolute atomic E-state index is 0.0841. The van der Waals surface area contributed by atoms with Gasteiger partial charge in [0.1, 0.15) is 0 Å². The molecule has 0 aliphatic heterocycles. The molecule has 1 unspecified atom stereocenters. The van der Waals surface area contributed by atoms with Crippen molar-refractivity contribution in [3.05, 3.63) is 33.3 Å². The maximum atomic E-state index is 12.1. The quantitative estimate of drug-likeness (QED) is 0.684. The normalized spacial score (nSPS) is 12.2. The minimum Gasteiger partial charge on any atom is -0.352 e. The first-order valence-electron chi connectivity index (χ1n) is 6.37. The van der Waals surface area contributed by atoms with E-state index in [0.29, 0.717) is 33.4 Å². The summed E-state index contributed by atoms with van der Waals surface area (Å²) in [5, 5.41) is 3.56. The van der Waals surface area contributed by atoms with Gasteiger partial charge in [0, 0.05) is 21.9 Å². The highest BCUT2D eigenvalue weighted by Gasteiger charge is 2.13. The maximum absolute atomic E-state index is 12.1. The van der Waals surface area contributed by atoms with Crippen LogP contribution >= 0.6 is 39.1 Å². The second-order valence-corrected chi connectivity index (χ2v) is 6.14. The Balaban J connectivity index is 2.58. The first-order chi connectivity index (χ1) is 9.08. The average molecular weight is 367 g/mol. The van der Waals surface area contributed by atoms with Gasteiger partial charge in [-0.25, -0.2) is 0 Å². The molecule has 1 N–H and O–H groups in total. The molecule has 2 nitrogen and oxygen atoms in total. The summed E-state index contributed by atoms with van der Waals surface area (Å²) in [4.78, 5) is 12.1. The van der Waals surface area contributed by atoms with Gasteiger partial charge < -0.3 is 5.32 Å². The molecule has 1 rings (SSSR count). The van der Waals surface area contributed by atoms with Crippen LogP contribution in [0.15, 0.2) is 22.7 Å². The highest BCUT2D eigenvalue weighted by atomic mass is 79.9. The molecule has 0 aliphatic rings. The van der Waals surface area contributed by atoms with Crippen LogP contribution < -0.4 is 5.32 Å². The van der Waals surface area contributed by atoms with E-state index in [4.69, 9.17) is 23.2 Å². The predicted octanol–water partition coefficient (Wildman–Crippen LogP) is 4.88. The summed E-state index contributed by atoms with van der Waals surface area (Å²) in [6.07, 6.45) is 3.11. The molecule has 1 amide bonds. The third kappa shape index (κ3) is 5.72. The number of benzene rings is 1. The van der Waals surface area contributed by atoms with E-state index in [-0.39, 0.29) is 5.91 Å². The molecule has 1 aromatic carbocycles. The Morgan fingerprint density at radius 3 is 2.74 bits per heavy atom. The molecule has 5 heteroatoms. The van der Waals surface area contributed by atoms with Crippen LogP contribution in [0.3, 0.4) is 0 Å². The zero-order chi connectivity index (χ0) is 14.3. The summed E-state index contributed by atoms with van der Waals surface area (Å²) >= 11 is 15.0. The molecule has 0 heterocycles. The largest absolute Gasteiger partial charge is 0.352 e. The van der Waals surface area contributed by atoms with Crippen molar-refractivity contribution >= 4 is 45.0 Å². The Morgan fingerprint density at radius 1 is 1.42 bits per heavy atom. The van der Waals surface area contributed by atoms with E-state index in [9.17, 15) is 4.79 Å². The lowest BCUT2D eigenvalue weighted by molar-refractivity contribution is 0.0945. The molecule has 0 radical (unpaired) electrons. The van der Waals surface area contributed by atoms with Gasteiger partial charge in [0.2, 0.25) is 0 Å². The van der Waals surface area contributed by atoms with Gasteiger partial charge in [0.25, 0.3) is 5.91 Å². The molecule has 106 valence electrons.